The molecule has 4 nitrogen and oxygen atoms in total. The Kier molecular flexibility index (Phi) is 4.76. The monoisotopic (exact) mass is 289 g/mol. The quantitative estimate of drug-likeness (QED) is 0.862. The summed E-state index contributed by atoms with van der Waals surface area (Å²) in [5, 5.41) is 0. The molecular formula is C13H17ClFNO3. The zero-order chi connectivity index (χ0) is 13.3. The number of hydrogen-bond donors (Lipinski definition) is 1. The number of methoxy groups -OCH3 is 2. The molecule has 1 fully saturated rings. The molecule has 6 heteroatoms. The minimum Gasteiger partial charge on any atom is -0.496 e. The van der Waals surface area contributed by atoms with Gasteiger partial charge in [0.15, 0.2) is 0 Å². The number of hydrogen-bond acceptors (Lipinski definition) is 4. The van der Waals surface area contributed by atoms with E-state index in [-0.39, 0.29) is 24.0 Å². The summed E-state index contributed by atoms with van der Waals surface area (Å²) < 4.78 is 24.0. The van der Waals surface area contributed by atoms with E-state index in [1.165, 1.54) is 20.3 Å². The Morgan fingerprint density at radius 2 is 2.05 bits per heavy atom. The third kappa shape index (κ3) is 2.40. The molecule has 0 aromatic heterocycles. The number of carbonyl (C=O) groups excluding carboxylic acids is 1. The molecule has 0 radical (unpaired) electrons. The molecule has 0 amide bonds. The minimum atomic E-state index is -1.01. The Labute approximate surface area is 117 Å². The van der Waals surface area contributed by atoms with Crippen molar-refractivity contribution in [1.82, 2.24) is 0 Å². The highest BCUT2D eigenvalue weighted by molar-refractivity contribution is 5.86. The topological polar surface area (TPSA) is 61.5 Å². The van der Waals surface area contributed by atoms with Crippen molar-refractivity contribution in [1.29, 1.82) is 0 Å². The van der Waals surface area contributed by atoms with E-state index in [0.29, 0.717) is 18.6 Å². The van der Waals surface area contributed by atoms with Crippen LogP contribution in [-0.2, 0) is 14.9 Å². The molecule has 0 saturated heterocycles. The summed E-state index contributed by atoms with van der Waals surface area (Å²) in [7, 11) is 2.74. The van der Waals surface area contributed by atoms with Crippen molar-refractivity contribution in [2.24, 2.45) is 5.73 Å². The van der Waals surface area contributed by atoms with Gasteiger partial charge in [0.1, 0.15) is 17.0 Å². The Morgan fingerprint density at radius 3 is 2.53 bits per heavy atom. The van der Waals surface area contributed by atoms with Crippen molar-refractivity contribution in [3.05, 3.63) is 29.6 Å². The predicted octanol–water partition coefficient (Wildman–Crippen LogP) is 1.79. The van der Waals surface area contributed by atoms with Crippen molar-refractivity contribution in [2.45, 2.75) is 24.3 Å². The Hall–Kier alpha value is -1.33. The van der Waals surface area contributed by atoms with Gasteiger partial charge in [-0.3, -0.25) is 4.79 Å². The highest BCUT2D eigenvalue weighted by Gasteiger charge is 2.54. The lowest BCUT2D eigenvalue weighted by atomic mass is 9.61. The third-order valence-electron chi connectivity index (χ3n) is 3.47. The smallest absolute Gasteiger partial charge is 0.316 e. The van der Waals surface area contributed by atoms with E-state index in [9.17, 15) is 9.18 Å². The lowest BCUT2D eigenvalue weighted by Gasteiger charge is -2.44. The standard InChI is InChI=1S/C13H16FNO3.ClH/c1-17-10-5-3-4-9(14)11(10)13(12(16)18-2)6-8(15)7-13;/h3-5,8H,6-7,15H2,1-2H3;1H. The summed E-state index contributed by atoms with van der Waals surface area (Å²) in [6.07, 6.45) is 0.744. The molecule has 0 heterocycles. The lowest BCUT2D eigenvalue weighted by molar-refractivity contribution is -0.152. The van der Waals surface area contributed by atoms with Gasteiger partial charge in [0.25, 0.3) is 0 Å². The highest BCUT2D eigenvalue weighted by atomic mass is 35.5. The van der Waals surface area contributed by atoms with Crippen LogP contribution < -0.4 is 10.5 Å². The summed E-state index contributed by atoms with van der Waals surface area (Å²) in [6, 6.07) is 4.37. The third-order valence-corrected chi connectivity index (χ3v) is 3.47. The molecule has 1 aliphatic rings. The molecule has 1 aromatic rings. The molecule has 1 saturated carbocycles. The lowest BCUT2D eigenvalue weighted by Crippen LogP contribution is -2.55. The number of esters is 1. The summed E-state index contributed by atoms with van der Waals surface area (Å²) in [6.45, 7) is 0. The SMILES string of the molecule is COC(=O)C1(c2c(F)cccc2OC)CC(N)C1.Cl. The van der Waals surface area contributed by atoms with E-state index < -0.39 is 17.2 Å². The van der Waals surface area contributed by atoms with Crippen molar-refractivity contribution >= 4 is 18.4 Å². The van der Waals surface area contributed by atoms with Crippen LogP contribution in [0.1, 0.15) is 18.4 Å². The second-order valence-electron chi connectivity index (χ2n) is 4.56. The maximum absolute atomic E-state index is 14.0. The molecule has 2 rings (SSSR count). The van der Waals surface area contributed by atoms with Gasteiger partial charge in [-0.15, -0.1) is 12.4 Å². The van der Waals surface area contributed by atoms with Gasteiger partial charge in [0.2, 0.25) is 0 Å². The van der Waals surface area contributed by atoms with Gasteiger partial charge in [0, 0.05) is 11.6 Å². The van der Waals surface area contributed by atoms with E-state index in [1.54, 1.807) is 12.1 Å². The van der Waals surface area contributed by atoms with Crippen molar-refractivity contribution in [3.63, 3.8) is 0 Å². The average Bonchev–Trinajstić information content (AvgIpc) is 2.33. The molecule has 2 N–H and O–H groups in total. The molecule has 19 heavy (non-hydrogen) atoms. The first-order valence-electron chi connectivity index (χ1n) is 5.72. The second kappa shape index (κ2) is 5.75. The van der Waals surface area contributed by atoms with Crippen LogP contribution in [0.15, 0.2) is 18.2 Å². The summed E-state index contributed by atoms with van der Waals surface area (Å²) in [5.74, 6) is -0.577. The van der Waals surface area contributed by atoms with Crippen LogP contribution in [0.4, 0.5) is 4.39 Å². The van der Waals surface area contributed by atoms with E-state index in [2.05, 4.69) is 0 Å². The predicted molar refractivity (Wildman–Crippen MR) is 71.1 cm³/mol. The maximum Gasteiger partial charge on any atom is 0.316 e. The Bertz CT molecular complexity index is 475. The van der Waals surface area contributed by atoms with Gasteiger partial charge < -0.3 is 15.2 Å². The average molecular weight is 290 g/mol. The van der Waals surface area contributed by atoms with Gasteiger partial charge in [-0.2, -0.15) is 0 Å². The number of halogens is 2. The van der Waals surface area contributed by atoms with Crippen LogP contribution in [0.5, 0.6) is 5.75 Å². The minimum absolute atomic E-state index is 0. The van der Waals surface area contributed by atoms with Crippen LogP contribution in [-0.4, -0.2) is 26.2 Å². The number of ether oxygens (including phenoxy) is 2. The zero-order valence-electron chi connectivity index (χ0n) is 10.8. The number of rotatable bonds is 3. The normalized spacial score (nSPS) is 24.9. The highest BCUT2D eigenvalue weighted by Crippen LogP contribution is 2.48. The molecule has 106 valence electrons. The molecule has 0 spiro atoms. The zero-order valence-corrected chi connectivity index (χ0v) is 11.6. The number of carbonyl (C=O) groups is 1. The Morgan fingerprint density at radius 1 is 1.42 bits per heavy atom. The van der Waals surface area contributed by atoms with Crippen LogP contribution in [0.2, 0.25) is 0 Å². The first kappa shape index (κ1) is 15.7. The van der Waals surface area contributed by atoms with E-state index in [0.717, 1.165) is 0 Å². The van der Waals surface area contributed by atoms with Crippen LogP contribution >= 0.6 is 12.4 Å². The first-order valence-corrected chi connectivity index (χ1v) is 5.72. The van der Waals surface area contributed by atoms with Gasteiger partial charge in [-0.05, 0) is 25.0 Å². The fraction of sp³-hybridized carbons (Fsp3) is 0.462. The first-order chi connectivity index (χ1) is 8.55. The van der Waals surface area contributed by atoms with Crippen molar-refractivity contribution in [2.75, 3.05) is 14.2 Å². The Balaban J connectivity index is 0.00000180. The number of benzene rings is 1. The van der Waals surface area contributed by atoms with Gasteiger partial charge in [-0.25, -0.2) is 4.39 Å². The fourth-order valence-corrected chi connectivity index (χ4v) is 2.64. The van der Waals surface area contributed by atoms with Crippen LogP contribution in [0, 0.1) is 5.82 Å². The van der Waals surface area contributed by atoms with Crippen LogP contribution in [0.25, 0.3) is 0 Å². The van der Waals surface area contributed by atoms with Crippen LogP contribution in [0.3, 0.4) is 0 Å². The van der Waals surface area contributed by atoms with E-state index in [4.69, 9.17) is 15.2 Å². The fourth-order valence-electron chi connectivity index (χ4n) is 2.64. The van der Waals surface area contributed by atoms with Crippen molar-refractivity contribution in [3.8, 4) is 5.75 Å². The van der Waals surface area contributed by atoms with Gasteiger partial charge in [-0.1, -0.05) is 6.07 Å². The van der Waals surface area contributed by atoms with E-state index in [1.807, 2.05) is 0 Å². The van der Waals surface area contributed by atoms with Crippen molar-refractivity contribution < 1.29 is 18.7 Å². The van der Waals surface area contributed by atoms with Gasteiger partial charge in [0.05, 0.1) is 14.2 Å². The molecule has 0 aliphatic heterocycles. The molecule has 1 aromatic carbocycles. The second-order valence-corrected chi connectivity index (χ2v) is 4.56. The molecule has 0 atom stereocenters. The largest absolute Gasteiger partial charge is 0.496 e. The number of nitrogens with two attached hydrogens (primary N) is 1. The molecule has 0 unspecified atom stereocenters. The summed E-state index contributed by atoms with van der Waals surface area (Å²) in [4.78, 5) is 12.0. The maximum atomic E-state index is 14.0. The molecular weight excluding hydrogens is 273 g/mol. The summed E-state index contributed by atoms with van der Waals surface area (Å²) >= 11 is 0. The summed E-state index contributed by atoms with van der Waals surface area (Å²) in [5.41, 5.74) is 5.00. The van der Waals surface area contributed by atoms with Gasteiger partial charge >= 0.3 is 5.97 Å². The van der Waals surface area contributed by atoms with E-state index >= 15 is 0 Å². The molecule has 0 bridgehead atoms. The molecule has 1 aliphatic carbocycles.